The van der Waals surface area contributed by atoms with Gasteiger partial charge in [0.1, 0.15) is 17.5 Å². The minimum absolute atomic E-state index is 0.458. The van der Waals surface area contributed by atoms with E-state index < -0.39 is 0 Å². The van der Waals surface area contributed by atoms with Crippen molar-refractivity contribution in [3.63, 3.8) is 0 Å². The normalized spacial score (nSPS) is 10.7. The smallest absolute Gasteiger partial charge is 0.134 e. The second-order valence-corrected chi connectivity index (χ2v) is 5.55. The summed E-state index contributed by atoms with van der Waals surface area (Å²) < 4.78 is 6.82. The second kappa shape index (κ2) is 5.81. The Morgan fingerprint density at radius 1 is 1.10 bits per heavy atom. The van der Waals surface area contributed by atoms with Crippen LogP contribution in [-0.2, 0) is 6.61 Å². The quantitative estimate of drug-likeness (QED) is 0.605. The molecule has 2 nitrogen and oxygen atoms in total. The maximum absolute atomic E-state index is 5.86. The van der Waals surface area contributed by atoms with Gasteiger partial charge in [0.05, 0.1) is 4.47 Å². The monoisotopic (exact) mass is 347 g/mol. The van der Waals surface area contributed by atoms with Crippen molar-refractivity contribution in [1.82, 2.24) is 4.98 Å². The molecule has 0 radical (unpaired) electrons. The van der Waals surface area contributed by atoms with E-state index in [4.69, 9.17) is 16.3 Å². The molecule has 1 heterocycles. The molecule has 3 rings (SSSR count). The van der Waals surface area contributed by atoms with E-state index in [-0.39, 0.29) is 0 Å². The summed E-state index contributed by atoms with van der Waals surface area (Å²) in [5.74, 6) is 0.816. The second-order valence-electron chi connectivity index (χ2n) is 4.37. The first-order chi connectivity index (χ1) is 9.74. The van der Waals surface area contributed by atoms with Gasteiger partial charge in [-0.15, -0.1) is 0 Å². The molecule has 3 aromatic rings. The van der Waals surface area contributed by atoms with Crippen LogP contribution in [0, 0.1) is 0 Å². The van der Waals surface area contributed by atoms with E-state index in [1.165, 1.54) is 5.39 Å². The molecule has 20 heavy (non-hydrogen) atoms. The summed E-state index contributed by atoms with van der Waals surface area (Å²) in [6, 6.07) is 15.9. The van der Waals surface area contributed by atoms with Gasteiger partial charge in [0.2, 0.25) is 0 Å². The lowest BCUT2D eigenvalue weighted by Crippen LogP contribution is -1.96. The SMILES string of the molecule is Clc1cc(COc2ccc3ccccc3c2Br)ccn1. The summed E-state index contributed by atoms with van der Waals surface area (Å²) in [5, 5.41) is 2.79. The lowest BCUT2D eigenvalue weighted by atomic mass is 10.1. The number of halogens is 2. The molecule has 2 aromatic carbocycles. The minimum atomic E-state index is 0.458. The van der Waals surface area contributed by atoms with Gasteiger partial charge in [0, 0.05) is 6.20 Å². The number of ether oxygens (including phenoxy) is 1. The Balaban J connectivity index is 1.86. The fraction of sp³-hybridized carbons (Fsp3) is 0.0625. The maximum Gasteiger partial charge on any atom is 0.134 e. The molecule has 0 aliphatic carbocycles. The molecule has 0 aliphatic heterocycles. The fourth-order valence-corrected chi connectivity index (χ4v) is 2.82. The molecule has 0 atom stereocenters. The van der Waals surface area contributed by atoms with Crippen LogP contribution in [0.2, 0.25) is 5.15 Å². The molecule has 0 spiro atoms. The molecule has 100 valence electrons. The molecule has 0 amide bonds. The van der Waals surface area contributed by atoms with Gasteiger partial charge in [-0.1, -0.05) is 41.9 Å². The summed E-state index contributed by atoms with van der Waals surface area (Å²) in [4.78, 5) is 3.95. The van der Waals surface area contributed by atoms with Gasteiger partial charge in [-0.25, -0.2) is 4.98 Å². The summed E-state index contributed by atoms with van der Waals surface area (Å²) in [6.07, 6.45) is 1.68. The van der Waals surface area contributed by atoms with Crippen LogP contribution in [0.4, 0.5) is 0 Å². The number of hydrogen-bond donors (Lipinski definition) is 0. The van der Waals surface area contributed by atoms with Gasteiger partial charge in [0.25, 0.3) is 0 Å². The van der Waals surface area contributed by atoms with Crippen LogP contribution in [0.15, 0.2) is 59.2 Å². The Labute approximate surface area is 130 Å². The highest BCUT2D eigenvalue weighted by molar-refractivity contribution is 9.10. The van der Waals surface area contributed by atoms with Crippen molar-refractivity contribution in [1.29, 1.82) is 0 Å². The van der Waals surface area contributed by atoms with Gasteiger partial charge in [-0.05, 0) is 50.5 Å². The molecule has 0 saturated carbocycles. The standard InChI is InChI=1S/C16H11BrClNO/c17-16-13-4-2-1-3-12(13)5-6-14(16)20-10-11-7-8-19-15(18)9-11/h1-9H,10H2. The van der Waals surface area contributed by atoms with E-state index in [0.717, 1.165) is 21.2 Å². The van der Waals surface area contributed by atoms with Crippen molar-refractivity contribution in [2.45, 2.75) is 6.61 Å². The predicted molar refractivity (Wildman–Crippen MR) is 85.2 cm³/mol. The molecule has 0 aliphatic rings. The molecular weight excluding hydrogens is 338 g/mol. The van der Waals surface area contributed by atoms with Gasteiger partial charge in [-0.2, -0.15) is 0 Å². The van der Waals surface area contributed by atoms with Crippen LogP contribution >= 0.6 is 27.5 Å². The topological polar surface area (TPSA) is 22.1 Å². The molecule has 0 fully saturated rings. The Morgan fingerprint density at radius 3 is 2.80 bits per heavy atom. The number of rotatable bonds is 3. The van der Waals surface area contributed by atoms with Crippen LogP contribution < -0.4 is 4.74 Å². The van der Waals surface area contributed by atoms with Crippen molar-refractivity contribution in [2.75, 3.05) is 0 Å². The summed E-state index contributed by atoms with van der Waals surface area (Å²) >= 11 is 9.47. The third kappa shape index (κ3) is 2.79. The molecule has 1 aromatic heterocycles. The van der Waals surface area contributed by atoms with E-state index >= 15 is 0 Å². The zero-order valence-electron chi connectivity index (χ0n) is 10.5. The molecule has 0 bridgehead atoms. The van der Waals surface area contributed by atoms with Crippen LogP contribution in [-0.4, -0.2) is 4.98 Å². The Hall–Kier alpha value is -1.58. The van der Waals surface area contributed by atoms with Crippen molar-refractivity contribution >= 4 is 38.3 Å². The first kappa shape index (κ1) is 13.4. The molecule has 0 saturated heterocycles. The highest BCUT2D eigenvalue weighted by Gasteiger charge is 2.06. The van der Waals surface area contributed by atoms with Crippen LogP contribution in [0.25, 0.3) is 10.8 Å². The number of aromatic nitrogens is 1. The number of nitrogens with zero attached hydrogens (tertiary/aromatic N) is 1. The number of fused-ring (bicyclic) bond motifs is 1. The first-order valence-electron chi connectivity index (χ1n) is 6.14. The van der Waals surface area contributed by atoms with E-state index in [1.54, 1.807) is 12.3 Å². The van der Waals surface area contributed by atoms with E-state index in [9.17, 15) is 0 Å². The van der Waals surface area contributed by atoms with E-state index in [1.807, 2.05) is 24.3 Å². The molecule has 4 heteroatoms. The van der Waals surface area contributed by atoms with E-state index in [2.05, 4.69) is 39.1 Å². The van der Waals surface area contributed by atoms with Gasteiger partial charge < -0.3 is 4.74 Å². The third-order valence-electron chi connectivity index (χ3n) is 3.01. The van der Waals surface area contributed by atoms with E-state index in [0.29, 0.717) is 11.8 Å². The molecule has 0 unspecified atom stereocenters. The highest BCUT2D eigenvalue weighted by atomic mass is 79.9. The lowest BCUT2D eigenvalue weighted by Gasteiger charge is -2.10. The van der Waals surface area contributed by atoms with Crippen molar-refractivity contribution in [3.05, 3.63) is 69.9 Å². The Kier molecular flexibility index (Phi) is 3.90. The maximum atomic E-state index is 5.86. The molecular formula is C16H11BrClNO. The van der Waals surface area contributed by atoms with Gasteiger partial charge in [0.15, 0.2) is 0 Å². The fourth-order valence-electron chi connectivity index (χ4n) is 2.02. The third-order valence-corrected chi connectivity index (χ3v) is 4.04. The largest absolute Gasteiger partial charge is 0.488 e. The van der Waals surface area contributed by atoms with Crippen molar-refractivity contribution in [2.24, 2.45) is 0 Å². The van der Waals surface area contributed by atoms with Gasteiger partial charge in [-0.3, -0.25) is 0 Å². The van der Waals surface area contributed by atoms with Crippen molar-refractivity contribution < 1.29 is 4.74 Å². The minimum Gasteiger partial charge on any atom is -0.488 e. The van der Waals surface area contributed by atoms with Crippen LogP contribution in [0.5, 0.6) is 5.75 Å². The van der Waals surface area contributed by atoms with Gasteiger partial charge >= 0.3 is 0 Å². The molecule has 0 N–H and O–H groups in total. The Bertz CT molecular complexity index is 760. The zero-order valence-corrected chi connectivity index (χ0v) is 12.9. The van der Waals surface area contributed by atoms with Crippen LogP contribution in [0.3, 0.4) is 0 Å². The lowest BCUT2D eigenvalue weighted by molar-refractivity contribution is 0.304. The summed E-state index contributed by atoms with van der Waals surface area (Å²) in [6.45, 7) is 0.458. The Morgan fingerprint density at radius 2 is 1.95 bits per heavy atom. The number of pyridine rings is 1. The summed E-state index contributed by atoms with van der Waals surface area (Å²) in [7, 11) is 0. The zero-order chi connectivity index (χ0) is 13.9. The average molecular weight is 349 g/mol. The average Bonchev–Trinajstić information content (AvgIpc) is 2.47. The number of benzene rings is 2. The first-order valence-corrected chi connectivity index (χ1v) is 7.31. The van der Waals surface area contributed by atoms with Crippen LogP contribution in [0.1, 0.15) is 5.56 Å². The summed E-state index contributed by atoms with van der Waals surface area (Å²) in [5.41, 5.74) is 0.991. The van der Waals surface area contributed by atoms with Crippen molar-refractivity contribution in [3.8, 4) is 5.75 Å². The highest BCUT2D eigenvalue weighted by Crippen LogP contribution is 2.33. The number of hydrogen-bond acceptors (Lipinski definition) is 2. The predicted octanol–water partition coefficient (Wildman–Crippen LogP) is 5.23.